The van der Waals surface area contributed by atoms with Gasteiger partial charge >= 0.3 is 34.4 Å². The summed E-state index contributed by atoms with van der Waals surface area (Å²) in [6.45, 7) is 15.6. The van der Waals surface area contributed by atoms with E-state index < -0.39 is 52.1 Å². The number of hydrogen-bond donors (Lipinski definition) is 4. The van der Waals surface area contributed by atoms with Crippen LogP contribution in [0, 0.1) is 0 Å². The zero-order chi connectivity index (χ0) is 36.0. The van der Waals surface area contributed by atoms with Gasteiger partial charge in [-0.2, -0.15) is 0 Å². The molecule has 0 aromatic heterocycles. The van der Waals surface area contributed by atoms with Crippen LogP contribution in [0.2, 0.25) is 12.1 Å². The van der Waals surface area contributed by atoms with E-state index in [4.69, 9.17) is 26.6 Å². The van der Waals surface area contributed by atoms with E-state index in [9.17, 15) is 30.6 Å². The first-order valence-corrected chi connectivity index (χ1v) is 20.1. The van der Waals surface area contributed by atoms with Gasteiger partial charge < -0.3 is 57.2 Å². The summed E-state index contributed by atoms with van der Waals surface area (Å²) in [5.41, 5.74) is 0.460. The van der Waals surface area contributed by atoms with Crippen LogP contribution in [0.4, 0.5) is 0 Å². The quantitative estimate of drug-likeness (QED) is 0.0579. The van der Waals surface area contributed by atoms with Crippen molar-refractivity contribution in [2.45, 2.75) is 66.5 Å². The number of phenolic OH excluding ortho intramolecular Hbond substituents is 4. The molecular formula is C32H52CoN2O12Si2. The molecule has 2 rings (SSSR count). The fourth-order valence-corrected chi connectivity index (χ4v) is 9.65. The molecule has 0 fully saturated rings. The average Bonchev–Trinajstić information content (AvgIpc) is 3.05. The van der Waals surface area contributed by atoms with Crippen LogP contribution in [0.25, 0.3) is 0 Å². The fraction of sp³-hybridized carbons (Fsp3) is 0.562. The van der Waals surface area contributed by atoms with Crippen LogP contribution in [-0.4, -0.2) is 103 Å². The molecule has 17 heteroatoms. The maximum Gasteiger partial charge on any atom is 2.00 e. The van der Waals surface area contributed by atoms with Crippen LogP contribution in [0.15, 0.2) is 34.3 Å². The molecule has 0 atom stereocenters. The molecule has 0 amide bonds. The molecule has 0 aliphatic heterocycles. The van der Waals surface area contributed by atoms with Crippen molar-refractivity contribution in [3.05, 3.63) is 35.4 Å². The number of rotatable bonds is 22. The molecule has 0 saturated carbocycles. The predicted molar refractivity (Wildman–Crippen MR) is 183 cm³/mol. The molecule has 1 radical (unpaired) electrons. The Morgan fingerprint density at radius 1 is 0.551 bits per heavy atom. The number of aliphatic imine (C=N–C) groups is 2. The van der Waals surface area contributed by atoms with Gasteiger partial charge in [0, 0.05) is 77.2 Å². The zero-order valence-electron chi connectivity index (χ0n) is 29.2. The topological polar surface area (TPSA) is 207 Å². The van der Waals surface area contributed by atoms with E-state index in [0.29, 0.717) is 77.7 Å². The first-order valence-electron chi connectivity index (χ1n) is 16.3. The van der Waals surface area contributed by atoms with Crippen molar-refractivity contribution in [2.75, 3.05) is 52.7 Å². The van der Waals surface area contributed by atoms with Crippen molar-refractivity contribution in [3.8, 4) is 34.5 Å². The van der Waals surface area contributed by atoms with Gasteiger partial charge in [-0.05, 0) is 77.6 Å². The maximum absolute atomic E-state index is 11.7. The molecule has 4 N–H and O–H groups in total. The third kappa shape index (κ3) is 15.8. The van der Waals surface area contributed by atoms with Gasteiger partial charge in [0.25, 0.3) is 0 Å². The largest absolute Gasteiger partial charge is 2.00 e. The summed E-state index contributed by atoms with van der Waals surface area (Å²) < 4.78 is 34.5. The molecule has 14 nitrogen and oxygen atoms in total. The third-order valence-electron chi connectivity index (χ3n) is 6.47. The Morgan fingerprint density at radius 3 is 1.10 bits per heavy atom. The predicted octanol–water partition coefficient (Wildman–Crippen LogP) is 4.06. The standard InChI is InChI=1S/2C16H27NO6Si.Co/c2*1-4-21-24(22-5-2,23-6-3)11-7-10-17-12-13-8-9-14(18)16(20)15(13)19;/h2*8-9,12,18-20H,4-7,10-11H2,1-3H3;/q;;+2/p-2. The summed E-state index contributed by atoms with van der Waals surface area (Å²) in [7, 11) is -5.32. The second-order valence-electron chi connectivity index (χ2n) is 9.95. The Bertz CT molecular complexity index is 1140. The molecule has 0 heterocycles. The molecule has 2 aromatic rings. The SMILES string of the molecule is CCO[Si](CCCN=Cc1ccc(O)c(O)c1[O-])(OCC)OCC.CCO[Si](CCCN=Cc1ccc(O)c(O)c1[O-])(OCC)OCC.[Co+2]. The summed E-state index contributed by atoms with van der Waals surface area (Å²) in [4.78, 5) is 8.39. The fourth-order valence-electron chi connectivity index (χ4n) is 4.46. The van der Waals surface area contributed by atoms with Crippen molar-refractivity contribution in [1.82, 2.24) is 0 Å². The maximum atomic E-state index is 11.7. The van der Waals surface area contributed by atoms with Crippen LogP contribution >= 0.6 is 0 Å². The summed E-state index contributed by atoms with van der Waals surface area (Å²) in [5, 5.41) is 60.7. The van der Waals surface area contributed by atoms with Crippen LogP contribution in [0.3, 0.4) is 0 Å². The van der Waals surface area contributed by atoms with Gasteiger partial charge in [0.15, 0.2) is 11.5 Å². The van der Waals surface area contributed by atoms with Crippen LogP contribution in [0.5, 0.6) is 34.5 Å². The molecule has 0 bridgehead atoms. The Labute approximate surface area is 302 Å². The number of benzene rings is 2. The first kappa shape index (κ1) is 46.3. The van der Waals surface area contributed by atoms with Crippen molar-refractivity contribution in [2.24, 2.45) is 9.98 Å². The van der Waals surface area contributed by atoms with Crippen LogP contribution in [0.1, 0.15) is 65.5 Å². The van der Waals surface area contributed by atoms with E-state index in [-0.39, 0.29) is 27.9 Å². The number of aromatic hydroxyl groups is 4. The van der Waals surface area contributed by atoms with E-state index in [1.54, 1.807) is 0 Å². The smallest absolute Gasteiger partial charge is 0.869 e. The first-order chi connectivity index (χ1) is 23.0. The molecule has 49 heavy (non-hydrogen) atoms. The van der Waals surface area contributed by atoms with Crippen molar-refractivity contribution in [3.63, 3.8) is 0 Å². The number of phenols is 4. The van der Waals surface area contributed by atoms with E-state index in [2.05, 4.69) is 9.98 Å². The summed E-state index contributed by atoms with van der Waals surface area (Å²) >= 11 is 0. The number of hydrogen-bond acceptors (Lipinski definition) is 14. The summed E-state index contributed by atoms with van der Waals surface area (Å²) in [5.74, 6) is -3.46. The van der Waals surface area contributed by atoms with Gasteiger partial charge in [0.1, 0.15) is 11.5 Å². The van der Waals surface area contributed by atoms with Gasteiger partial charge in [-0.25, -0.2) is 0 Å². The minimum Gasteiger partial charge on any atom is -0.869 e. The molecule has 0 spiro atoms. The normalized spacial score (nSPS) is 11.9. The third-order valence-corrected chi connectivity index (χ3v) is 12.8. The minimum atomic E-state index is -2.66. The molecule has 0 saturated heterocycles. The van der Waals surface area contributed by atoms with E-state index in [0.717, 1.165) is 0 Å². The second kappa shape index (κ2) is 25.3. The Kier molecular flexibility index (Phi) is 23.9. The average molecular weight is 772 g/mol. The molecule has 2 aromatic carbocycles. The van der Waals surface area contributed by atoms with Crippen LogP contribution in [-0.2, 0) is 43.3 Å². The Balaban J connectivity index is 0.000000922. The van der Waals surface area contributed by atoms with Gasteiger partial charge in [-0.15, -0.1) is 0 Å². The molecule has 0 aliphatic carbocycles. The van der Waals surface area contributed by atoms with Crippen molar-refractivity contribution >= 4 is 30.0 Å². The number of nitrogens with zero attached hydrogens (tertiary/aromatic N) is 2. The van der Waals surface area contributed by atoms with Gasteiger partial charge in [0.05, 0.1) is 0 Å². The van der Waals surface area contributed by atoms with Gasteiger partial charge in [-0.1, -0.05) is 23.6 Å². The molecular weight excluding hydrogens is 719 g/mol. The zero-order valence-corrected chi connectivity index (χ0v) is 32.3. The van der Waals surface area contributed by atoms with E-state index >= 15 is 0 Å². The second-order valence-corrected chi connectivity index (χ2v) is 15.4. The summed E-state index contributed by atoms with van der Waals surface area (Å²) in [6, 6.07) is 6.64. The Morgan fingerprint density at radius 2 is 0.837 bits per heavy atom. The monoisotopic (exact) mass is 771 g/mol. The summed E-state index contributed by atoms with van der Waals surface area (Å²) in [6.07, 6.45) is 4.18. The molecule has 0 unspecified atom stereocenters. The molecule has 279 valence electrons. The minimum absolute atomic E-state index is 0. The van der Waals surface area contributed by atoms with Gasteiger partial charge in [0.2, 0.25) is 0 Å². The van der Waals surface area contributed by atoms with E-state index in [1.165, 1.54) is 36.7 Å². The van der Waals surface area contributed by atoms with Gasteiger partial charge in [-0.3, -0.25) is 9.98 Å². The van der Waals surface area contributed by atoms with Crippen LogP contribution < -0.4 is 10.2 Å². The molecule has 0 aliphatic rings. The van der Waals surface area contributed by atoms with Crippen molar-refractivity contribution in [1.29, 1.82) is 0 Å². The van der Waals surface area contributed by atoms with E-state index in [1.807, 2.05) is 41.5 Å². The van der Waals surface area contributed by atoms with Crippen molar-refractivity contribution < 1.29 is 74.0 Å². The Hall–Kier alpha value is -2.72.